The predicted octanol–water partition coefficient (Wildman–Crippen LogP) is 3.60. The Balaban J connectivity index is 1.89. The number of carbonyl (C=O) groups excluding carboxylic acids is 1. The first kappa shape index (κ1) is 15.7. The van der Waals surface area contributed by atoms with E-state index in [-0.39, 0.29) is 5.97 Å². The molecule has 4 nitrogen and oxygen atoms in total. The minimum Gasteiger partial charge on any atom is -0.465 e. The van der Waals surface area contributed by atoms with Crippen LogP contribution < -0.4 is 5.32 Å². The zero-order valence-corrected chi connectivity index (χ0v) is 14.6. The Morgan fingerprint density at radius 2 is 1.91 bits per heavy atom. The minimum absolute atomic E-state index is 0.244. The van der Waals surface area contributed by atoms with E-state index < -0.39 is 0 Å². The summed E-state index contributed by atoms with van der Waals surface area (Å²) in [6.45, 7) is 2.01. The number of hydrogen-bond donors (Lipinski definition) is 1. The molecule has 1 aromatic heterocycles. The zero-order chi connectivity index (χ0) is 15.5. The van der Waals surface area contributed by atoms with Gasteiger partial charge in [0.2, 0.25) is 0 Å². The molecule has 1 aliphatic heterocycles. The maximum atomic E-state index is 12.3. The van der Waals surface area contributed by atoms with E-state index in [4.69, 9.17) is 17.0 Å². The number of rotatable bonds is 2. The molecule has 22 heavy (non-hydrogen) atoms. The molecule has 1 aromatic rings. The van der Waals surface area contributed by atoms with Gasteiger partial charge >= 0.3 is 5.97 Å². The number of thiocarbonyl (C=S) groups is 1. The summed E-state index contributed by atoms with van der Waals surface area (Å²) >= 11 is 7.19. The van der Waals surface area contributed by atoms with Crippen LogP contribution in [0.5, 0.6) is 0 Å². The standard InChI is InChI=1S/C16H22N2O2S2/c1-20-15(19)13-11-7-3-2-4-8-12(11)22-14(13)17-16(21)18-9-5-6-10-18/h2-10H2,1H3,(H,17,21). The summed E-state index contributed by atoms with van der Waals surface area (Å²) in [6.07, 6.45) is 7.97. The molecule has 0 amide bonds. The van der Waals surface area contributed by atoms with Gasteiger partial charge in [0.05, 0.1) is 12.7 Å². The number of thiophene rings is 1. The number of aryl methyl sites for hydroxylation is 1. The highest BCUT2D eigenvalue weighted by atomic mass is 32.1. The van der Waals surface area contributed by atoms with E-state index in [1.807, 2.05) is 0 Å². The maximum absolute atomic E-state index is 12.3. The third-order valence-electron chi connectivity index (χ3n) is 4.42. The Hall–Kier alpha value is -1.14. The molecule has 0 radical (unpaired) electrons. The van der Waals surface area contributed by atoms with Crippen LogP contribution in [-0.4, -0.2) is 36.2 Å². The summed E-state index contributed by atoms with van der Waals surface area (Å²) < 4.78 is 5.02. The Morgan fingerprint density at radius 1 is 1.18 bits per heavy atom. The van der Waals surface area contributed by atoms with Gasteiger partial charge in [0, 0.05) is 18.0 Å². The van der Waals surface area contributed by atoms with Crippen LogP contribution in [0, 0.1) is 0 Å². The molecule has 1 aliphatic carbocycles. The minimum atomic E-state index is -0.244. The first-order valence-electron chi connectivity index (χ1n) is 7.99. The summed E-state index contributed by atoms with van der Waals surface area (Å²) in [7, 11) is 1.45. The molecule has 0 unspecified atom stereocenters. The molecule has 120 valence electrons. The van der Waals surface area contributed by atoms with Crippen LogP contribution in [-0.2, 0) is 17.6 Å². The second kappa shape index (κ2) is 6.96. The lowest BCUT2D eigenvalue weighted by Gasteiger charge is -2.19. The summed E-state index contributed by atoms with van der Waals surface area (Å²) in [5.41, 5.74) is 1.90. The average molecular weight is 338 g/mol. The van der Waals surface area contributed by atoms with Crippen molar-refractivity contribution >= 4 is 39.6 Å². The molecule has 1 fully saturated rings. The van der Waals surface area contributed by atoms with Crippen molar-refractivity contribution in [3.8, 4) is 0 Å². The SMILES string of the molecule is COC(=O)c1c(NC(=S)N2CCCC2)sc2c1CCCCC2. The normalized spacial score (nSPS) is 17.8. The van der Waals surface area contributed by atoms with Crippen LogP contribution in [0.1, 0.15) is 52.9 Å². The van der Waals surface area contributed by atoms with Gasteiger partial charge in [-0.1, -0.05) is 6.42 Å². The number of carbonyl (C=O) groups is 1. The van der Waals surface area contributed by atoms with Gasteiger partial charge < -0.3 is 15.0 Å². The van der Waals surface area contributed by atoms with Gasteiger partial charge in [0.1, 0.15) is 5.00 Å². The van der Waals surface area contributed by atoms with Gasteiger partial charge in [-0.05, 0) is 56.3 Å². The molecule has 1 N–H and O–H groups in total. The van der Waals surface area contributed by atoms with Crippen LogP contribution in [0.25, 0.3) is 0 Å². The number of nitrogens with one attached hydrogen (secondary N) is 1. The van der Waals surface area contributed by atoms with Gasteiger partial charge in [0.25, 0.3) is 0 Å². The Kier molecular flexibility index (Phi) is 4.98. The van der Waals surface area contributed by atoms with Gasteiger partial charge in [-0.25, -0.2) is 4.79 Å². The number of nitrogens with zero attached hydrogens (tertiary/aromatic N) is 1. The van der Waals surface area contributed by atoms with E-state index in [2.05, 4.69) is 10.2 Å². The highest BCUT2D eigenvalue weighted by Gasteiger charge is 2.26. The first-order chi connectivity index (χ1) is 10.7. The molecule has 3 rings (SSSR count). The summed E-state index contributed by atoms with van der Waals surface area (Å²) in [5.74, 6) is -0.244. The Labute approximate surface area is 140 Å². The molecular formula is C16H22N2O2S2. The van der Waals surface area contributed by atoms with E-state index in [0.29, 0.717) is 5.56 Å². The third kappa shape index (κ3) is 3.13. The smallest absolute Gasteiger partial charge is 0.341 e. The van der Waals surface area contributed by atoms with Crippen molar-refractivity contribution in [1.82, 2.24) is 4.90 Å². The van der Waals surface area contributed by atoms with Crippen LogP contribution in [0.2, 0.25) is 0 Å². The fourth-order valence-electron chi connectivity index (χ4n) is 3.25. The number of likely N-dealkylation sites (tertiary alicyclic amines) is 1. The highest BCUT2D eigenvalue weighted by molar-refractivity contribution is 7.80. The van der Waals surface area contributed by atoms with Gasteiger partial charge in [0.15, 0.2) is 5.11 Å². The molecular weight excluding hydrogens is 316 g/mol. The van der Waals surface area contributed by atoms with Gasteiger partial charge in [-0.3, -0.25) is 0 Å². The lowest BCUT2D eigenvalue weighted by Crippen LogP contribution is -2.32. The van der Waals surface area contributed by atoms with E-state index in [9.17, 15) is 4.79 Å². The molecule has 2 heterocycles. The summed E-state index contributed by atoms with van der Waals surface area (Å²) in [4.78, 5) is 15.8. The van der Waals surface area contributed by atoms with Crippen molar-refractivity contribution in [1.29, 1.82) is 0 Å². The first-order valence-corrected chi connectivity index (χ1v) is 9.22. The summed E-state index contributed by atoms with van der Waals surface area (Å²) in [6, 6.07) is 0. The number of methoxy groups -OCH3 is 1. The average Bonchev–Trinajstić information content (AvgIpc) is 3.10. The van der Waals surface area contributed by atoms with Crippen LogP contribution in [0.4, 0.5) is 5.00 Å². The van der Waals surface area contributed by atoms with Crippen LogP contribution >= 0.6 is 23.6 Å². The molecule has 0 atom stereocenters. The molecule has 1 saturated heterocycles. The van der Waals surface area contributed by atoms with Crippen LogP contribution in [0.15, 0.2) is 0 Å². The van der Waals surface area contributed by atoms with Crippen molar-refractivity contribution in [3.05, 3.63) is 16.0 Å². The number of anilines is 1. The quantitative estimate of drug-likeness (QED) is 0.507. The largest absolute Gasteiger partial charge is 0.465 e. The molecule has 0 bridgehead atoms. The number of hydrogen-bond acceptors (Lipinski definition) is 4. The second-order valence-electron chi connectivity index (χ2n) is 5.88. The van der Waals surface area contributed by atoms with E-state index in [1.165, 1.54) is 43.2 Å². The fraction of sp³-hybridized carbons (Fsp3) is 0.625. The Bertz CT molecular complexity index is 577. The lowest BCUT2D eigenvalue weighted by molar-refractivity contribution is 0.0601. The van der Waals surface area contributed by atoms with Gasteiger partial charge in [-0.2, -0.15) is 0 Å². The fourth-order valence-corrected chi connectivity index (χ4v) is 4.87. The topological polar surface area (TPSA) is 41.6 Å². The zero-order valence-electron chi connectivity index (χ0n) is 12.9. The highest BCUT2D eigenvalue weighted by Crippen LogP contribution is 2.38. The van der Waals surface area contributed by atoms with Crippen molar-refractivity contribution in [2.45, 2.75) is 44.9 Å². The molecule has 0 aromatic carbocycles. The summed E-state index contributed by atoms with van der Waals surface area (Å²) in [5, 5.41) is 4.93. The second-order valence-corrected chi connectivity index (χ2v) is 7.38. The molecule has 2 aliphatic rings. The predicted molar refractivity (Wildman–Crippen MR) is 93.9 cm³/mol. The van der Waals surface area contributed by atoms with Crippen molar-refractivity contribution < 1.29 is 9.53 Å². The monoisotopic (exact) mass is 338 g/mol. The maximum Gasteiger partial charge on any atom is 0.341 e. The third-order valence-corrected chi connectivity index (χ3v) is 5.99. The molecule has 0 spiro atoms. The number of ether oxygens (including phenoxy) is 1. The Morgan fingerprint density at radius 3 is 2.64 bits per heavy atom. The van der Waals surface area contributed by atoms with Crippen molar-refractivity contribution in [2.75, 3.05) is 25.5 Å². The number of esters is 1. The van der Waals surface area contributed by atoms with Crippen LogP contribution in [0.3, 0.4) is 0 Å². The van der Waals surface area contributed by atoms with Gasteiger partial charge in [-0.15, -0.1) is 11.3 Å². The molecule has 6 heteroatoms. The van der Waals surface area contributed by atoms with E-state index in [0.717, 1.165) is 42.5 Å². The van der Waals surface area contributed by atoms with E-state index in [1.54, 1.807) is 11.3 Å². The van der Waals surface area contributed by atoms with Crippen molar-refractivity contribution in [3.63, 3.8) is 0 Å². The molecule has 0 saturated carbocycles. The lowest BCUT2D eigenvalue weighted by atomic mass is 10.1. The number of fused-ring (bicyclic) bond motifs is 1. The van der Waals surface area contributed by atoms with E-state index >= 15 is 0 Å². The van der Waals surface area contributed by atoms with Crippen molar-refractivity contribution in [2.24, 2.45) is 0 Å².